The van der Waals surface area contributed by atoms with Crippen molar-refractivity contribution in [3.8, 4) is 0 Å². The largest absolute Gasteiger partial charge is 0.478 e. The summed E-state index contributed by atoms with van der Waals surface area (Å²) < 4.78 is 49.5. The highest BCUT2D eigenvalue weighted by atomic mass is 16.6. The minimum absolute atomic E-state index is 0.114. The van der Waals surface area contributed by atoms with E-state index in [0.29, 0.717) is 6.42 Å². The first-order valence-corrected chi connectivity index (χ1v) is 7.94. The molecule has 2 rings (SSSR count). The van der Waals surface area contributed by atoms with Gasteiger partial charge in [-0.15, -0.1) is 0 Å². The monoisotopic (exact) mass is 349 g/mol. The number of ether oxygens (including phenoxy) is 2. The highest BCUT2D eigenvalue weighted by Gasteiger charge is 2.48. The predicted molar refractivity (Wildman–Crippen MR) is 85.4 cm³/mol. The summed E-state index contributed by atoms with van der Waals surface area (Å²) in [6, 6.07) is 0. The molecule has 0 amide bonds. The molecule has 2 heterocycles. The van der Waals surface area contributed by atoms with Crippen molar-refractivity contribution >= 4 is 5.97 Å². The first-order chi connectivity index (χ1) is 13.2. The number of carboxylic acid groups (broad SMARTS) is 1. The molecule has 7 heteroatoms. The molecule has 2 aliphatic heterocycles. The maximum atomic E-state index is 11.0. The van der Waals surface area contributed by atoms with Crippen LogP contribution in [0.25, 0.3) is 0 Å². The van der Waals surface area contributed by atoms with Gasteiger partial charge in [-0.2, -0.15) is 0 Å². The molecule has 0 aromatic rings. The van der Waals surface area contributed by atoms with Gasteiger partial charge in [-0.05, 0) is 26.6 Å². The van der Waals surface area contributed by atoms with Crippen LogP contribution in [0.5, 0.6) is 0 Å². The van der Waals surface area contributed by atoms with Crippen LogP contribution in [-0.2, 0) is 14.3 Å². The Labute approximate surface area is 148 Å². The summed E-state index contributed by atoms with van der Waals surface area (Å²) in [6.45, 7) is 0.234. The Morgan fingerprint density at radius 2 is 2.08 bits per heavy atom. The van der Waals surface area contributed by atoms with Crippen molar-refractivity contribution in [3.05, 3.63) is 11.6 Å². The molecule has 8 atom stereocenters. The van der Waals surface area contributed by atoms with Gasteiger partial charge in [-0.3, -0.25) is 0 Å². The van der Waals surface area contributed by atoms with E-state index in [1.165, 1.54) is 0 Å². The zero-order valence-electron chi connectivity index (χ0n) is 18.6. The number of epoxide rings is 1. The average molecular weight is 349 g/mol. The summed E-state index contributed by atoms with van der Waals surface area (Å²) in [6.07, 6.45) is -8.24. The summed E-state index contributed by atoms with van der Waals surface area (Å²) in [5, 5.41) is 39.4. The van der Waals surface area contributed by atoms with E-state index < -0.39 is 55.1 Å². The van der Waals surface area contributed by atoms with E-state index >= 15 is 0 Å². The summed E-state index contributed by atoms with van der Waals surface area (Å²) in [5.41, 5.74) is -1.02. The van der Waals surface area contributed by atoms with Crippen LogP contribution in [0.3, 0.4) is 0 Å². The molecule has 0 unspecified atom stereocenters. The van der Waals surface area contributed by atoms with E-state index in [4.69, 9.17) is 21.4 Å². The fourth-order valence-corrected chi connectivity index (χ4v) is 2.92. The fraction of sp³-hybridized carbons (Fsp3) is 0.824. The Balaban J connectivity index is 2.10. The number of rotatable bonds is 7. The molecule has 2 fully saturated rings. The maximum Gasteiger partial charge on any atom is 0.328 e. The molecule has 138 valence electrons. The van der Waals surface area contributed by atoms with Gasteiger partial charge in [0.05, 0.1) is 37.1 Å². The molecule has 0 aromatic heterocycles. The van der Waals surface area contributed by atoms with Gasteiger partial charge in [0.25, 0.3) is 0 Å². The second kappa shape index (κ2) is 7.93. The molecule has 7 nitrogen and oxygen atoms in total. The standard InChI is InChI=1S/C17H28O7/c1-8(5-14(19)20)4-12-16(22)15(21)11(7-23-12)6-13-17(24-13)9(2)10(3)18/h5,9-13,15-18,21-22H,4,6-7H2,1-3H3,(H,19,20)/b8-5+/t9-,10-,11-,12-,13-,15+,16-,17-/m0/s1/i1D3,4D2. The van der Waals surface area contributed by atoms with Gasteiger partial charge in [0.15, 0.2) is 0 Å². The number of aliphatic hydroxyl groups excluding tert-OH is 3. The van der Waals surface area contributed by atoms with E-state index in [1.807, 2.05) is 6.92 Å². The molecule has 4 N–H and O–H groups in total. The highest BCUT2D eigenvalue weighted by molar-refractivity contribution is 5.80. The molecule has 0 saturated carbocycles. The van der Waals surface area contributed by atoms with Gasteiger partial charge in [0.2, 0.25) is 0 Å². The zero-order chi connectivity index (χ0) is 22.3. The first-order valence-electron chi connectivity index (χ1n) is 10.4. The van der Waals surface area contributed by atoms with Crippen molar-refractivity contribution in [2.24, 2.45) is 11.8 Å². The van der Waals surface area contributed by atoms with Gasteiger partial charge in [0.1, 0.15) is 6.10 Å². The lowest BCUT2D eigenvalue weighted by Crippen LogP contribution is -2.50. The molecule has 2 aliphatic rings. The van der Waals surface area contributed by atoms with E-state index in [9.17, 15) is 20.1 Å². The Kier molecular flexibility index (Phi) is 4.37. The van der Waals surface area contributed by atoms with Gasteiger partial charge >= 0.3 is 5.97 Å². The van der Waals surface area contributed by atoms with Crippen LogP contribution >= 0.6 is 0 Å². The van der Waals surface area contributed by atoms with Crippen molar-refractivity contribution in [3.63, 3.8) is 0 Å². The van der Waals surface area contributed by atoms with Crippen molar-refractivity contribution < 1.29 is 41.5 Å². The molecule has 0 spiro atoms. The van der Waals surface area contributed by atoms with Crippen molar-refractivity contribution in [1.29, 1.82) is 0 Å². The van der Waals surface area contributed by atoms with E-state index in [2.05, 4.69) is 0 Å². The third-order valence-electron chi connectivity index (χ3n) is 4.63. The number of hydrogen-bond donors (Lipinski definition) is 4. The second-order valence-corrected chi connectivity index (χ2v) is 6.51. The van der Waals surface area contributed by atoms with E-state index in [1.54, 1.807) is 6.92 Å². The normalized spacial score (nSPS) is 43.5. The topological polar surface area (TPSA) is 120 Å². The Morgan fingerprint density at radius 1 is 1.38 bits per heavy atom. The van der Waals surface area contributed by atoms with Crippen LogP contribution in [0.2, 0.25) is 0 Å². The summed E-state index contributed by atoms with van der Waals surface area (Å²) in [7, 11) is 0. The van der Waals surface area contributed by atoms with Gasteiger partial charge in [0, 0.05) is 24.8 Å². The van der Waals surface area contributed by atoms with Gasteiger partial charge in [-0.25, -0.2) is 4.79 Å². The Bertz CT molecular complexity index is 636. The van der Waals surface area contributed by atoms with Crippen molar-refractivity contribution in [1.82, 2.24) is 0 Å². The molecular formula is C17H28O7. The average Bonchev–Trinajstić information content (AvgIpc) is 3.33. The molecule has 24 heavy (non-hydrogen) atoms. The molecule has 2 saturated heterocycles. The summed E-state index contributed by atoms with van der Waals surface area (Å²) >= 11 is 0. The Hall–Kier alpha value is -0.990. The highest BCUT2D eigenvalue weighted by Crippen LogP contribution is 2.38. The van der Waals surface area contributed by atoms with E-state index in [0.717, 1.165) is 0 Å². The second-order valence-electron chi connectivity index (χ2n) is 6.51. The van der Waals surface area contributed by atoms with E-state index in [-0.39, 0.29) is 30.8 Å². The summed E-state index contributed by atoms with van der Waals surface area (Å²) in [5.74, 6) is -2.35. The molecule has 0 aromatic carbocycles. The lowest BCUT2D eigenvalue weighted by atomic mass is 9.85. The van der Waals surface area contributed by atoms with Crippen LogP contribution in [0.4, 0.5) is 0 Å². The fourth-order valence-electron chi connectivity index (χ4n) is 2.92. The third kappa shape index (κ3) is 4.77. The van der Waals surface area contributed by atoms with Crippen molar-refractivity contribution in [2.75, 3.05) is 6.61 Å². The summed E-state index contributed by atoms with van der Waals surface area (Å²) in [4.78, 5) is 11.0. The quantitative estimate of drug-likeness (QED) is 0.386. The number of aliphatic hydroxyl groups is 3. The minimum Gasteiger partial charge on any atom is -0.478 e. The molecular weight excluding hydrogens is 316 g/mol. The van der Waals surface area contributed by atoms with Crippen molar-refractivity contribution in [2.45, 2.75) is 70.1 Å². The van der Waals surface area contributed by atoms with Gasteiger partial charge in [-0.1, -0.05) is 12.5 Å². The minimum atomic E-state index is -3.07. The van der Waals surface area contributed by atoms with Crippen LogP contribution in [0, 0.1) is 11.8 Å². The number of hydrogen-bond acceptors (Lipinski definition) is 6. The molecule has 0 aliphatic carbocycles. The van der Waals surface area contributed by atoms with Crippen LogP contribution in [0.1, 0.15) is 40.3 Å². The molecule has 0 bridgehead atoms. The first kappa shape index (κ1) is 13.2. The lowest BCUT2D eigenvalue weighted by molar-refractivity contribution is -0.165. The predicted octanol–water partition coefficient (Wildman–Crippen LogP) is 0.319. The number of carbonyl (C=O) groups is 1. The van der Waals surface area contributed by atoms with Crippen LogP contribution < -0.4 is 0 Å². The van der Waals surface area contributed by atoms with Gasteiger partial charge < -0.3 is 29.9 Å². The zero-order valence-corrected chi connectivity index (χ0v) is 13.6. The Morgan fingerprint density at radius 3 is 2.67 bits per heavy atom. The third-order valence-corrected chi connectivity index (χ3v) is 4.63. The SMILES string of the molecule is [2H]C([2H])([2H])/C(=C\C(=O)O)C([2H])([2H])[C@@H]1OC[C@H](C[C@@H]2O[C@H]2[C@@H](C)[C@H](C)O)[C@@H](O)[C@H]1O. The van der Waals surface area contributed by atoms with Crippen LogP contribution in [0.15, 0.2) is 11.6 Å². The smallest absolute Gasteiger partial charge is 0.328 e. The number of carboxylic acids is 1. The number of aliphatic carboxylic acids is 1. The molecule has 0 radical (unpaired) electrons. The van der Waals surface area contributed by atoms with Crippen LogP contribution in [-0.4, -0.2) is 69.6 Å². The lowest BCUT2D eigenvalue weighted by Gasteiger charge is -2.37. The maximum absolute atomic E-state index is 11.0.